The Morgan fingerprint density at radius 2 is 2.10 bits per heavy atom. The number of likely N-dealkylation sites (tertiary alicyclic amines) is 1. The average Bonchev–Trinajstić information content (AvgIpc) is 2.72. The third-order valence-corrected chi connectivity index (χ3v) is 4.10. The van der Waals surface area contributed by atoms with E-state index in [-0.39, 0.29) is 18.4 Å². The van der Waals surface area contributed by atoms with E-state index in [4.69, 9.17) is 0 Å². The topological polar surface area (TPSA) is 35.6 Å². The highest BCUT2D eigenvalue weighted by Crippen LogP contribution is 2.15. The largest absolute Gasteiger partial charge is 0.334 e. The summed E-state index contributed by atoms with van der Waals surface area (Å²) in [6.45, 7) is 1.76. The van der Waals surface area contributed by atoms with Gasteiger partial charge in [0.25, 0.3) is 0 Å². The molecular formula is C16H24FN3O. The molecule has 116 valence electrons. The van der Waals surface area contributed by atoms with Crippen molar-refractivity contribution in [2.45, 2.75) is 31.8 Å². The van der Waals surface area contributed by atoms with Crippen molar-refractivity contribution in [2.24, 2.45) is 0 Å². The minimum absolute atomic E-state index is 0.0994. The Bertz CT molecular complexity index is 478. The van der Waals surface area contributed by atoms with Crippen molar-refractivity contribution in [3.63, 3.8) is 0 Å². The summed E-state index contributed by atoms with van der Waals surface area (Å²) in [4.78, 5) is 16.3. The molecule has 1 N–H and O–H groups in total. The van der Waals surface area contributed by atoms with E-state index in [1.165, 1.54) is 6.07 Å². The van der Waals surface area contributed by atoms with Gasteiger partial charge < -0.3 is 15.1 Å². The summed E-state index contributed by atoms with van der Waals surface area (Å²) in [6, 6.07) is 6.97. The molecular weight excluding hydrogens is 269 g/mol. The molecule has 0 aliphatic carbocycles. The van der Waals surface area contributed by atoms with Crippen LogP contribution in [0.15, 0.2) is 24.3 Å². The summed E-state index contributed by atoms with van der Waals surface area (Å²) < 4.78 is 13.5. The molecule has 1 saturated heterocycles. The number of carbonyl (C=O) groups excluding carboxylic acids is 1. The Balaban J connectivity index is 1.85. The lowest BCUT2D eigenvalue weighted by Crippen LogP contribution is -2.40. The van der Waals surface area contributed by atoms with Crippen LogP contribution < -0.4 is 5.32 Å². The molecule has 1 aliphatic heterocycles. The summed E-state index contributed by atoms with van der Waals surface area (Å²) in [5, 5.41) is 2.81. The predicted molar refractivity (Wildman–Crippen MR) is 81.5 cm³/mol. The molecule has 0 aromatic heterocycles. The fourth-order valence-corrected chi connectivity index (χ4v) is 2.72. The summed E-state index contributed by atoms with van der Waals surface area (Å²) in [7, 11) is 4.16. The molecule has 2 rings (SSSR count). The van der Waals surface area contributed by atoms with E-state index in [1.54, 1.807) is 18.2 Å². The number of halogens is 1. The van der Waals surface area contributed by atoms with Crippen molar-refractivity contribution >= 4 is 6.03 Å². The zero-order chi connectivity index (χ0) is 15.2. The van der Waals surface area contributed by atoms with Crippen molar-refractivity contribution in [3.05, 3.63) is 35.6 Å². The maximum Gasteiger partial charge on any atom is 0.317 e. The normalized spacial score (nSPS) is 19.4. The van der Waals surface area contributed by atoms with Crippen molar-refractivity contribution in [1.82, 2.24) is 15.1 Å². The number of hydrogen-bond acceptors (Lipinski definition) is 2. The molecule has 1 heterocycles. The summed E-state index contributed by atoms with van der Waals surface area (Å²) in [5.74, 6) is -0.277. The molecule has 1 aliphatic rings. The van der Waals surface area contributed by atoms with Gasteiger partial charge in [-0.15, -0.1) is 0 Å². The van der Waals surface area contributed by atoms with Crippen molar-refractivity contribution in [2.75, 3.05) is 27.2 Å². The Hall–Kier alpha value is -1.62. The number of nitrogens with zero attached hydrogens (tertiary/aromatic N) is 2. The van der Waals surface area contributed by atoms with Crippen LogP contribution in [0.5, 0.6) is 0 Å². The third kappa shape index (κ3) is 4.43. The van der Waals surface area contributed by atoms with E-state index in [0.29, 0.717) is 11.6 Å². The maximum atomic E-state index is 13.5. The molecule has 0 saturated carbocycles. The van der Waals surface area contributed by atoms with Crippen LogP contribution in [-0.2, 0) is 6.54 Å². The van der Waals surface area contributed by atoms with Crippen LogP contribution in [-0.4, -0.2) is 49.1 Å². The van der Waals surface area contributed by atoms with Crippen LogP contribution in [0.3, 0.4) is 0 Å². The first-order chi connectivity index (χ1) is 10.1. The molecule has 5 heteroatoms. The molecule has 0 unspecified atom stereocenters. The number of rotatable bonds is 3. The van der Waals surface area contributed by atoms with Gasteiger partial charge in [0.2, 0.25) is 0 Å². The lowest BCUT2D eigenvalue weighted by Gasteiger charge is -2.23. The molecule has 4 nitrogen and oxygen atoms in total. The lowest BCUT2D eigenvalue weighted by molar-refractivity contribution is 0.196. The molecule has 21 heavy (non-hydrogen) atoms. The number of hydrogen-bond donors (Lipinski definition) is 1. The van der Waals surface area contributed by atoms with E-state index in [9.17, 15) is 9.18 Å². The van der Waals surface area contributed by atoms with Crippen molar-refractivity contribution in [1.29, 1.82) is 0 Å². The van der Waals surface area contributed by atoms with Crippen LogP contribution in [0.2, 0.25) is 0 Å². The molecule has 1 fully saturated rings. The predicted octanol–water partition coefficient (Wildman–Crippen LogP) is 2.45. The number of benzene rings is 1. The summed E-state index contributed by atoms with van der Waals surface area (Å²) in [5.41, 5.74) is 0.520. The first-order valence-corrected chi connectivity index (χ1v) is 7.50. The van der Waals surface area contributed by atoms with Crippen LogP contribution in [0.4, 0.5) is 9.18 Å². The lowest BCUT2D eigenvalue weighted by atomic mass is 10.1. The van der Waals surface area contributed by atoms with Crippen molar-refractivity contribution in [3.8, 4) is 0 Å². The van der Waals surface area contributed by atoms with Gasteiger partial charge in [-0.1, -0.05) is 18.2 Å². The van der Waals surface area contributed by atoms with E-state index in [2.05, 4.69) is 24.3 Å². The van der Waals surface area contributed by atoms with Crippen LogP contribution in [0, 0.1) is 5.82 Å². The summed E-state index contributed by atoms with van der Waals surface area (Å²) >= 11 is 0. The van der Waals surface area contributed by atoms with E-state index in [0.717, 1.165) is 32.4 Å². The molecule has 0 bridgehead atoms. The van der Waals surface area contributed by atoms with Gasteiger partial charge in [-0.05, 0) is 39.4 Å². The van der Waals surface area contributed by atoms with Crippen molar-refractivity contribution < 1.29 is 9.18 Å². The van der Waals surface area contributed by atoms with Gasteiger partial charge in [-0.3, -0.25) is 0 Å². The maximum absolute atomic E-state index is 13.5. The molecule has 0 spiro atoms. The number of amides is 2. The quantitative estimate of drug-likeness (QED) is 0.929. The second kappa shape index (κ2) is 7.41. The van der Waals surface area contributed by atoms with Crippen LogP contribution in [0.25, 0.3) is 0 Å². The minimum Gasteiger partial charge on any atom is -0.334 e. The minimum atomic E-state index is -0.277. The second-order valence-corrected chi connectivity index (χ2v) is 5.79. The molecule has 1 aromatic rings. The Kier molecular flexibility index (Phi) is 5.56. The molecule has 1 atom stereocenters. The third-order valence-electron chi connectivity index (χ3n) is 4.10. The fraction of sp³-hybridized carbons (Fsp3) is 0.562. The van der Waals surface area contributed by atoms with E-state index >= 15 is 0 Å². The highest BCUT2D eigenvalue weighted by atomic mass is 19.1. The number of urea groups is 1. The average molecular weight is 293 g/mol. The Labute approximate surface area is 125 Å². The van der Waals surface area contributed by atoms with E-state index in [1.807, 2.05) is 4.90 Å². The molecule has 1 aromatic carbocycles. The number of carbonyl (C=O) groups is 1. The van der Waals surface area contributed by atoms with Crippen LogP contribution in [0.1, 0.15) is 24.8 Å². The standard InChI is InChI=1S/C16H24FN3O/c1-19(2)14-7-5-10-20(11-9-14)16(21)18-12-13-6-3-4-8-15(13)17/h3-4,6,8,14H,5,7,9-12H2,1-2H3,(H,18,21)/t14-/m0/s1. The van der Waals surface area contributed by atoms with E-state index < -0.39 is 0 Å². The van der Waals surface area contributed by atoms with Gasteiger partial charge in [0, 0.05) is 31.2 Å². The molecule has 2 amide bonds. The van der Waals surface area contributed by atoms with Gasteiger partial charge in [0.1, 0.15) is 5.82 Å². The monoisotopic (exact) mass is 293 g/mol. The smallest absolute Gasteiger partial charge is 0.317 e. The SMILES string of the molecule is CN(C)[C@H]1CCCN(C(=O)NCc2ccccc2F)CC1. The van der Waals surface area contributed by atoms with Gasteiger partial charge in [0.05, 0.1) is 0 Å². The van der Waals surface area contributed by atoms with Gasteiger partial charge in [-0.2, -0.15) is 0 Å². The summed E-state index contributed by atoms with van der Waals surface area (Å²) in [6.07, 6.45) is 3.11. The highest BCUT2D eigenvalue weighted by Gasteiger charge is 2.21. The molecule has 0 radical (unpaired) electrons. The first kappa shape index (κ1) is 15.8. The Morgan fingerprint density at radius 1 is 1.33 bits per heavy atom. The zero-order valence-corrected chi connectivity index (χ0v) is 12.8. The number of nitrogens with one attached hydrogen (secondary N) is 1. The van der Waals surface area contributed by atoms with Crippen LogP contribution >= 0.6 is 0 Å². The van der Waals surface area contributed by atoms with Gasteiger partial charge >= 0.3 is 6.03 Å². The second-order valence-electron chi connectivity index (χ2n) is 5.79. The van der Waals surface area contributed by atoms with Gasteiger partial charge in [-0.25, -0.2) is 9.18 Å². The fourth-order valence-electron chi connectivity index (χ4n) is 2.72. The van der Waals surface area contributed by atoms with Gasteiger partial charge in [0.15, 0.2) is 0 Å². The highest BCUT2D eigenvalue weighted by molar-refractivity contribution is 5.74. The Morgan fingerprint density at radius 3 is 2.81 bits per heavy atom. The zero-order valence-electron chi connectivity index (χ0n) is 12.8. The first-order valence-electron chi connectivity index (χ1n) is 7.50.